The van der Waals surface area contributed by atoms with E-state index in [4.69, 9.17) is 5.11 Å². The average molecular weight is 128 g/mol. The van der Waals surface area contributed by atoms with Gasteiger partial charge in [0.2, 0.25) is 0 Å². The number of hydrogen-bond acceptors (Lipinski definition) is 3. The molecule has 3 heteroatoms. The number of aliphatic hydroxyl groups excluding tert-OH is 1. The predicted molar refractivity (Wildman–Crippen MR) is 36.6 cm³/mol. The van der Waals surface area contributed by atoms with Crippen LogP contribution in [0, 0.1) is 0 Å². The van der Waals surface area contributed by atoms with E-state index >= 15 is 0 Å². The third-order valence-electron chi connectivity index (χ3n) is 1.51. The summed E-state index contributed by atoms with van der Waals surface area (Å²) in [7, 11) is 2.00. The van der Waals surface area contributed by atoms with Gasteiger partial charge in [0, 0.05) is 20.0 Å². The zero-order chi connectivity index (χ0) is 6.69. The molecule has 0 bridgehead atoms. The van der Waals surface area contributed by atoms with Crippen molar-refractivity contribution in [3.8, 4) is 0 Å². The van der Waals surface area contributed by atoms with Crippen molar-refractivity contribution < 1.29 is 5.11 Å². The Morgan fingerprint density at radius 1 is 1.78 bits per heavy atom. The summed E-state index contributed by atoms with van der Waals surface area (Å²) in [5.74, 6) is 1.04. The van der Waals surface area contributed by atoms with Crippen molar-refractivity contribution in [3.63, 3.8) is 0 Å². The van der Waals surface area contributed by atoms with Gasteiger partial charge in [-0.05, 0) is 0 Å². The Bertz CT molecular complexity index is 122. The van der Waals surface area contributed by atoms with Crippen molar-refractivity contribution in [3.05, 3.63) is 0 Å². The first kappa shape index (κ1) is 6.55. The minimum absolute atomic E-state index is 0.211. The van der Waals surface area contributed by atoms with Crippen molar-refractivity contribution in [2.45, 2.75) is 6.42 Å². The van der Waals surface area contributed by atoms with Gasteiger partial charge in [0.1, 0.15) is 5.84 Å². The van der Waals surface area contributed by atoms with E-state index in [0.717, 1.165) is 18.9 Å². The molecule has 1 heterocycles. The van der Waals surface area contributed by atoms with Crippen LogP contribution in [0.25, 0.3) is 0 Å². The van der Waals surface area contributed by atoms with Crippen molar-refractivity contribution in [2.24, 2.45) is 4.99 Å². The highest BCUT2D eigenvalue weighted by Gasteiger charge is 2.09. The summed E-state index contributed by atoms with van der Waals surface area (Å²) in [6, 6.07) is 0. The third kappa shape index (κ3) is 1.42. The number of likely N-dealkylation sites (N-methyl/N-ethyl adjacent to an activating group) is 1. The Hall–Kier alpha value is -0.570. The molecule has 1 rings (SSSR count). The van der Waals surface area contributed by atoms with Gasteiger partial charge in [-0.2, -0.15) is 0 Å². The maximum absolute atomic E-state index is 8.54. The smallest absolute Gasteiger partial charge is 0.101 e. The van der Waals surface area contributed by atoms with E-state index in [-0.39, 0.29) is 6.61 Å². The zero-order valence-electron chi connectivity index (χ0n) is 5.67. The maximum atomic E-state index is 8.54. The Kier molecular flexibility index (Phi) is 2.05. The molecule has 0 unspecified atom stereocenters. The van der Waals surface area contributed by atoms with Gasteiger partial charge in [-0.15, -0.1) is 0 Å². The number of nitrogens with zero attached hydrogens (tertiary/aromatic N) is 2. The maximum Gasteiger partial charge on any atom is 0.101 e. The molecule has 1 aliphatic heterocycles. The van der Waals surface area contributed by atoms with E-state index < -0.39 is 0 Å². The van der Waals surface area contributed by atoms with Crippen molar-refractivity contribution in [2.75, 3.05) is 26.7 Å². The molecule has 1 N–H and O–H groups in total. The quantitative estimate of drug-likeness (QED) is 0.555. The van der Waals surface area contributed by atoms with Crippen LogP contribution in [0.2, 0.25) is 0 Å². The van der Waals surface area contributed by atoms with E-state index in [2.05, 4.69) is 9.89 Å². The largest absolute Gasteiger partial charge is 0.396 e. The zero-order valence-corrected chi connectivity index (χ0v) is 5.67. The first-order chi connectivity index (χ1) is 4.34. The second-order valence-electron chi connectivity index (χ2n) is 2.19. The SMILES string of the molecule is CN1CCN=C1CCO. The molecule has 0 aromatic carbocycles. The summed E-state index contributed by atoms with van der Waals surface area (Å²) in [5, 5.41) is 8.54. The average Bonchev–Trinajstić information content (AvgIpc) is 2.18. The molecule has 1 aliphatic rings. The van der Waals surface area contributed by atoms with Crippen LogP contribution in [0.5, 0.6) is 0 Å². The lowest BCUT2D eigenvalue weighted by atomic mass is 10.4. The van der Waals surface area contributed by atoms with Gasteiger partial charge >= 0.3 is 0 Å². The summed E-state index contributed by atoms with van der Waals surface area (Å²) >= 11 is 0. The van der Waals surface area contributed by atoms with E-state index in [1.165, 1.54) is 0 Å². The topological polar surface area (TPSA) is 35.8 Å². The Morgan fingerprint density at radius 3 is 3.00 bits per heavy atom. The molecule has 52 valence electrons. The predicted octanol–water partition coefficient (Wildman–Crippen LogP) is -0.287. The van der Waals surface area contributed by atoms with Gasteiger partial charge in [0.05, 0.1) is 13.2 Å². The number of aliphatic imine (C=N–C) groups is 1. The lowest BCUT2D eigenvalue weighted by Gasteiger charge is -2.11. The fraction of sp³-hybridized carbons (Fsp3) is 0.833. The first-order valence-electron chi connectivity index (χ1n) is 3.20. The van der Waals surface area contributed by atoms with E-state index in [9.17, 15) is 0 Å². The van der Waals surface area contributed by atoms with Crippen molar-refractivity contribution in [1.82, 2.24) is 4.90 Å². The standard InChI is InChI=1S/C6H12N2O/c1-8-4-3-7-6(8)2-5-9/h9H,2-5H2,1H3. The fourth-order valence-corrected chi connectivity index (χ4v) is 0.949. The number of rotatable bonds is 2. The lowest BCUT2D eigenvalue weighted by Crippen LogP contribution is -2.23. The molecular formula is C6H12N2O. The fourth-order valence-electron chi connectivity index (χ4n) is 0.949. The van der Waals surface area contributed by atoms with E-state index in [0.29, 0.717) is 6.42 Å². The summed E-state index contributed by atoms with van der Waals surface area (Å²) in [4.78, 5) is 6.27. The van der Waals surface area contributed by atoms with Crippen LogP contribution in [0.4, 0.5) is 0 Å². The van der Waals surface area contributed by atoms with Crippen LogP contribution >= 0.6 is 0 Å². The normalized spacial score (nSPS) is 18.4. The highest BCUT2D eigenvalue weighted by Crippen LogP contribution is 2.00. The molecule has 0 aliphatic carbocycles. The van der Waals surface area contributed by atoms with Crippen LogP contribution in [0.3, 0.4) is 0 Å². The Balaban J connectivity index is 2.38. The number of aliphatic hydroxyl groups is 1. The van der Waals surface area contributed by atoms with Gasteiger partial charge in [0.15, 0.2) is 0 Å². The van der Waals surface area contributed by atoms with Crippen molar-refractivity contribution >= 4 is 5.84 Å². The molecule has 0 aromatic rings. The third-order valence-corrected chi connectivity index (χ3v) is 1.51. The monoisotopic (exact) mass is 128 g/mol. The number of hydrogen-bond donors (Lipinski definition) is 1. The van der Waals surface area contributed by atoms with Gasteiger partial charge < -0.3 is 10.0 Å². The molecule has 0 aromatic heterocycles. The molecule has 0 fully saturated rings. The van der Waals surface area contributed by atoms with Crippen LogP contribution in [0.15, 0.2) is 4.99 Å². The van der Waals surface area contributed by atoms with Gasteiger partial charge in [-0.1, -0.05) is 0 Å². The van der Waals surface area contributed by atoms with Gasteiger partial charge in [-0.25, -0.2) is 0 Å². The minimum atomic E-state index is 0.211. The van der Waals surface area contributed by atoms with Crippen molar-refractivity contribution in [1.29, 1.82) is 0 Å². The van der Waals surface area contributed by atoms with Crippen LogP contribution in [-0.4, -0.2) is 42.6 Å². The molecule has 3 nitrogen and oxygen atoms in total. The highest BCUT2D eigenvalue weighted by molar-refractivity contribution is 5.83. The molecule has 0 radical (unpaired) electrons. The summed E-state index contributed by atoms with van der Waals surface area (Å²) < 4.78 is 0. The molecule has 0 atom stereocenters. The molecule has 9 heavy (non-hydrogen) atoms. The molecular weight excluding hydrogens is 116 g/mol. The second kappa shape index (κ2) is 2.82. The molecule has 0 saturated heterocycles. The van der Waals surface area contributed by atoms with E-state index in [1.807, 2.05) is 7.05 Å². The van der Waals surface area contributed by atoms with Crippen LogP contribution < -0.4 is 0 Å². The lowest BCUT2D eigenvalue weighted by molar-refractivity contribution is 0.303. The summed E-state index contributed by atoms with van der Waals surface area (Å²) in [6.45, 7) is 2.12. The van der Waals surface area contributed by atoms with E-state index in [1.54, 1.807) is 0 Å². The minimum Gasteiger partial charge on any atom is -0.396 e. The summed E-state index contributed by atoms with van der Waals surface area (Å²) in [6.07, 6.45) is 0.705. The Labute approximate surface area is 55.0 Å². The number of amidine groups is 1. The highest BCUT2D eigenvalue weighted by atomic mass is 16.3. The second-order valence-corrected chi connectivity index (χ2v) is 2.19. The van der Waals surface area contributed by atoms with Gasteiger partial charge in [0.25, 0.3) is 0 Å². The molecule has 0 amide bonds. The summed E-state index contributed by atoms with van der Waals surface area (Å²) in [5.41, 5.74) is 0. The molecule has 0 saturated carbocycles. The molecule has 0 spiro atoms. The first-order valence-corrected chi connectivity index (χ1v) is 3.20. The Morgan fingerprint density at radius 2 is 2.56 bits per heavy atom. The van der Waals surface area contributed by atoms with Crippen LogP contribution in [0.1, 0.15) is 6.42 Å². The van der Waals surface area contributed by atoms with Crippen LogP contribution in [-0.2, 0) is 0 Å². The van der Waals surface area contributed by atoms with Gasteiger partial charge in [-0.3, -0.25) is 4.99 Å².